The monoisotopic (exact) mass is 912 g/mol. The summed E-state index contributed by atoms with van der Waals surface area (Å²) in [5.41, 5.74) is 1.14. The van der Waals surface area contributed by atoms with E-state index in [-0.39, 0.29) is 34.5 Å². The summed E-state index contributed by atoms with van der Waals surface area (Å²) < 4.78 is 54.9. The van der Waals surface area contributed by atoms with Crippen molar-refractivity contribution in [2.45, 2.75) is 61.7 Å². The number of aromatic hydroxyl groups is 3. The zero-order valence-corrected chi connectivity index (χ0v) is 35.2. The average Bonchev–Trinajstić information content (AvgIpc) is 3.57. The van der Waals surface area contributed by atoms with Gasteiger partial charge in [-0.15, -0.1) is 0 Å². The summed E-state index contributed by atoms with van der Waals surface area (Å²) in [6, 6.07) is 12.5. The number of methoxy groups -OCH3 is 3. The van der Waals surface area contributed by atoms with Crippen molar-refractivity contribution in [2.75, 3.05) is 41.2 Å². The van der Waals surface area contributed by atoms with E-state index in [1.54, 1.807) is 0 Å². The predicted molar refractivity (Wildman–Crippen MR) is 221 cm³/mol. The zero-order chi connectivity index (χ0) is 47.4. The Morgan fingerprint density at radius 3 is 1.51 bits per heavy atom. The molecule has 0 aliphatic carbocycles. The Hall–Kier alpha value is -6.72. The molecular weight excluding hydrogens is 864 g/mol. The Labute approximate surface area is 370 Å². The van der Waals surface area contributed by atoms with Gasteiger partial charge in [-0.3, -0.25) is 4.79 Å². The van der Waals surface area contributed by atoms with E-state index < -0.39 is 98.5 Å². The minimum absolute atomic E-state index is 0.0813. The topological polar surface area (TPSA) is 302 Å². The van der Waals surface area contributed by atoms with Gasteiger partial charge in [0.2, 0.25) is 5.79 Å². The van der Waals surface area contributed by atoms with Gasteiger partial charge in [0.05, 0.1) is 27.9 Å². The van der Waals surface area contributed by atoms with E-state index >= 15 is 0 Å². The molecule has 2 aliphatic heterocycles. The SMILES string of the molecule is COc1cc(/C=C/C(=O)O[C@@H]2[C@@H](CO)O[C@@](CO)(O[C@H]3O[C@H](COC(C)=O)[C@@H](OC(=O)/C=C/c4ccc(O)c(OC)c4)[C@H](O)[C@H]3O)[C@H]2OC(=O)/C=C/c2ccc(O)c(OC)c2)ccc1O. The van der Waals surface area contributed by atoms with E-state index in [0.29, 0.717) is 16.7 Å². The maximum absolute atomic E-state index is 13.5. The van der Waals surface area contributed by atoms with Gasteiger partial charge < -0.3 is 83.1 Å². The first-order chi connectivity index (χ1) is 31.0. The Balaban J connectivity index is 1.44. The van der Waals surface area contributed by atoms with Crippen LogP contribution in [0.15, 0.2) is 72.8 Å². The number of carbonyl (C=O) groups excluding carboxylic acids is 4. The van der Waals surface area contributed by atoms with Crippen LogP contribution in [0.2, 0.25) is 0 Å². The van der Waals surface area contributed by atoms with Crippen molar-refractivity contribution in [1.29, 1.82) is 0 Å². The number of rotatable bonds is 18. The zero-order valence-electron chi connectivity index (χ0n) is 35.2. The van der Waals surface area contributed by atoms with E-state index in [9.17, 15) is 54.9 Å². The quantitative estimate of drug-likeness (QED) is 0.0534. The molecule has 2 saturated heterocycles. The average molecular weight is 913 g/mol. The van der Waals surface area contributed by atoms with Crippen LogP contribution in [0.4, 0.5) is 0 Å². The summed E-state index contributed by atoms with van der Waals surface area (Å²) in [7, 11) is 3.96. The van der Waals surface area contributed by atoms with Crippen molar-refractivity contribution < 1.29 is 102 Å². The summed E-state index contributed by atoms with van der Waals surface area (Å²) in [5.74, 6) is -6.98. The molecule has 7 N–H and O–H groups in total. The molecule has 3 aromatic rings. The fourth-order valence-electron chi connectivity index (χ4n) is 6.61. The molecule has 65 heavy (non-hydrogen) atoms. The Kier molecular flexibility index (Phi) is 16.9. The van der Waals surface area contributed by atoms with E-state index in [1.165, 1.54) is 94.2 Å². The molecule has 21 heteroatoms. The van der Waals surface area contributed by atoms with Gasteiger partial charge in [-0.2, -0.15) is 0 Å². The predicted octanol–water partition coefficient (Wildman–Crippen LogP) is 1.11. The maximum Gasteiger partial charge on any atom is 0.331 e. The third-order valence-electron chi connectivity index (χ3n) is 9.85. The number of hydrogen-bond donors (Lipinski definition) is 7. The first kappa shape index (κ1) is 49.3. The molecule has 0 spiro atoms. The first-order valence-electron chi connectivity index (χ1n) is 19.5. The van der Waals surface area contributed by atoms with Gasteiger partial charge in [0, 0.05) is 25.2 Å². The minimum Gasteiger partial charge on any atom is -0.504 e. The van der Waals surface area contributed by atoms with Gasteiger partial charge in [-0.25, -0.2) is 14.4 Å². The van der Waals surface area contributed by atoms with Crippen LogP contribution in [-0.4, -0.2) is 156 Å². The highest BCUT2D eigenvalue weighted by molar-refractivity contribution is 5.89. The third kappa shape index (κ3) is 12.3. The number of phenolic OH excluding ortho intramolecular Hbond substituents is 3. The molecule has 9 atom stereocenters. The number of benzene rings is 3. The lowest BCUT2D eigenvalue weighted by Gasteiger charge is -2.44. The number of carbonyl (C=O) groups is 4. The van der Waals surface area contributed by atoms with Gasteiger partial charge in [-0.05, 0) is 71.3 Å². The van der Waals surface area contributed by atoms with Gasteiger partial charge in [0.25, 0.3) is 0 Å². The smallest absolute Gasteiger partial charge is 0.331 e. The molecule has 0 bridgehead atoms. The van der Waals surface area contributed by atoms with Crippen LogP contribution in [0.5, 0.6) is 34.5 Å². The van der Waals surface area contributed by atoms with E-state index in [0.717, 1.165) is 25.2 Å². The summed E-state index contributed by atoms with van der Waals surface area (Å²) >= 11 is 0. The Bertz CT molecular complexity index is 2250. The molecule has 5 rings (SSSR count). The normalized spacial score (nSPS) is 25.4. The maximum atomic E-state index is 13.5. The molecule has 21 nitrogen and oxygen atoms in total. The molecule has 3 aromatic carbocycles. The van der Waals surface area contributed by atoms with Gasteiger partial charge in [0.15, 0.2) is 59.1 Å². The number of phenols is 3. The van der Waals surface area contributed by atoms with Crippen molar-refractivity contribution in [3.63, 3.8) is 0 Å². The lowest BCUT2D eigenvalue weighted by Crippen LogP contribution is -2.64. The fraction of sp³-hybridized carbons (Fsp3) is 0.364. The van der Waals surface area contributed by atoms with Crippen molar-refractivity contribution in [3.05, 3.63) is 89.5 Å². The number of aliphatic hydroxyl groups is 4. The Morgan fingerprint density at radius 1 is 0.646 bits per heavy atom. The van der Waals surface area contributed by atoms with Crippen LogP contribution in [-0.2, 0) is 52.3 Å². The third-order valence-corrected chi connectivity index (χ3v) is 9.85. The van der Waals surface area contributed by atoms with Gasteiger partial charge in [0.1, 0.15) is 37.6 Å². The summed E-state index contributed by atoms with van der Waals surface area (Å²) in [5, 5.41) is 73.9. The summed E-state index contributed by atoms with van der Waals surface area (Å²) in [6.45, 7) is -1.82. The van der Waals surface area contributed by atoms with Crippen LogP contribution in [0.25, 0.3) is 18.2 Å². The Morgan fingerprint density at radius 2 is 1.09 bits per heavy atom. The number of ether oxygens (including phenoxy) is 10. The highest BCUT2D eigenvalue weighted by atomic mass is 16.8. The number of esters is 4. The van der Waals surface area contributed by atoms with Crippen molar-refractivity contribution in [2.24, 2.45) is 0 Å². The van der Waals surface area contributed by atoms with Crippen LogP contribution in [0, 0.1) is 0 Å². The van der Waals surface area contributed by atoms with Crippen LogP contribution in [0.1, 0.15) is 23.6 Å². The highest BCUT2D eigenvalue weighted by Crippen LogP contribution is 2.40. The van der Waals surface area contributed by atoms with Crippen LogP contribution in [0.3, 0.4) is 0 Å². The summed E-state index contributed by atoms with van der Waals surface area (Å²) in [4.78, 5) is 51.7. The standard InChI is InChI=1S/C44H48O21/c1-23(47)59-21-34-40(61-35(51)14-8-24-5-11-27(48)30(17-24)56-2)38(54)39(55)43(60-34)65-44(22-46)42(63-37(53)16-10-26-7-13-29(50)32(19-26)58-4)41(33(20-45)64-44)62-36(52)15-9-25-6-12-28(49)31(18-25)57-3/h5-19,33-34,38-43,45-46,48-50,54-55H,20-22H2,1-4H3/b14-8+,15-9+,16-10+/t33-,34-,38-,39-,40-,41-,42+,43-,44+/m1/s1. The second kappa shape index (κ2) is 22.3. The van der Waals surface area contributed by atoms with Gasteiger partial charge >= 0.3 is 23.9 Å². The molecule has 0 amide bonds. The summed E-state index contributed by atoms with van der Waals surface area (Å²) in [6.07, 6.45) is -8.26. The van der Waals surface area contributed by atoms with Crippen LogP contribution < -0.4 is 14.2 Å². The number of hydrogen-bond acceptors (Lipinski definition) is 21. The highest BCUT2D eigenvalue weighted by Gasteiger charge is 2.63. The second-order valence-corrected chi connectivity index (χ2v) is 14.2. The molecule has 2 heterocycles. The molecule has 2 fully saturated rings. The molecule has 0 aromatic heterocycles. The van der Waals surface area contributed by atoms with E-state index in [4.69, 9.17) is 47.4 Å². The lowest BCUT2D eigenvalue weighted by atomic mass is 9.98. The first-order valence-corrected chi connectivity index (χ1v) is 19.5. The van der Waals surface area contributed by atoms with E-state index in [2.05, 4.69) is 0 Å². The molecule has 350 valence electrons. The van der Waals surface area contributed by atoms with Crippen molar-refractivity contribution in [1.82, 2.24) is 0 Å². The van der Waals surface area contributed by atoms with E-state index in [1.807, 2.05) is 0 Å². The minimum atomic E-state index is -2.66. The fourth-order valence-corrected chi connectivity index (χ4v) is 6.61. The lowest BCUT2D eigenvalue weighted by molar-refractivity contribution is -0.383. The molecular formula is C44H48O21. The molecule has 0 radical (unpaired) electrons. The second-order valence-electron chi connectivity index (χ2n) is 14.2. The van der Waals surface area contributed by atoms with Crippen LogP contribution >= 0.6 is 0 Å². The molecule has 0 unspecified atom stereocenters. The molecule has 2 aliphatic rings. The van der Waals surface area contributed by atoms with Crippen molar-refractivity contribution >= 4 is 42.1 Å². The van der Waals surface area contributed by atoms with Gasteiger partial charge in [-0.1, -0.05) is 18.2 Å². The molecule has 0 saturated carbocycles. The van der Waals surface area contributed by atoms with Crippen molar-refractivity contribution in [3.8, 4) is 34.5 Å². The largest absolute Gasteiger partial charge is 0.504 e. The number of aliphatic hydroxyl groups excluding tert-OH is 4.